The molecule has 1 heterocycles. The van der Waals surface area contributed by atoms with Gasteiger partial charge in [-0.2, -0.15) is 0 Å². The lowest BCUT2D eigenvalue weighted by atomic mass is 10.1. The number of aliphatic carboxylic acids is 1. The lowest BCUT2D eigenvalue weighted by Gasteiger charge is -2.14. The molecule has 1 aromatic rings. The third-order valence-electron chi connectivity index (χ3n) is 3.14. The van der Waals surface area contributed by atoms with Gasteiger partial charge in [-0.15, -0.1) is 0 Å². The molecule has 0 aromatic carbocycles. The molecule has 0 aliphatic heterocycles. The van der Waals surface area contributed by atoms with Crippen LogP contribution in [0.5, 0.6) is 0 Å². The fourth-order valence-corrected chi connectivity index (χ4v) is 1.93. The first-order valence-electron chi connectivity index (χ1n) is 6.78. The summed E-state index contributed by atoms with van der Waals surface area (Å²) in [7, 11) is 0. The Morgan fingerprint density at radius 3 is 2.55 bits per heavy atom. The monoisotopic (exact) mass is 309 g/mol. The third-order valence-corrected chi connectivity index (χ3v) is 3.14. The first kappa shape index (κ1) is 17.4. The summed E-state index contributed by atoms with van der Waals surface area (Å²) in [6, 6.07) is 3.58. The smallest absolute Gasteiger partial charge is 0.326 e. The Morgan fingerprint density at radius 1 is 1.32 bits per heavy atom. The molecule has 0 radical (unpaired) electrons. The van der Waals surface area contributed by atoms with Gasteiger partial charge in [0, 0.05) is 31.1 Å². The molecular weight excluding hydrogens is 290 g/mol. The van der Waals surface area contributed by atoms with Crippen molar-refractivity contribution in [2.75, 3.05) is 0 Å². The second-order valence-corrected chi connectivity index (χ2v) is 4.87. The molecule has 1 unspecified atom stereocenters. The number of nitrogens with zero attached hydrogens (tertiary/aromatic N) is 1. The Labute approximate surface area is 126 Å². The molecular formula is C14H19N3O5. The van der Waals surface area contributed by atoms with Crippen molar-refractivity contribution in [3.05, 3.63) is 34.2 Å². The topological polar surface area (TPSA) is 131 Å². The molecule has 1 atom stereocenters. The molecule has 0 aliphatic carbocycles. The molecule has 0 fully saturated rings. The number of carbonyl (C=O) groups is 3. The van der Waals surface area contributed by atoms with E-state index in [4.69, 9.17) is 10.8 Å². The molecule has 0 spiro atoms. The van der Waals surface area contributed by atoms with Gasteiger partial charge in [-0.1, -0.05) is 6.07 Å². The summed E-state index contributed by atoms with van der Waals surface area (Å²) in [6.07, 6.45) is -0.236. The van der Waals surface area contributed by atoms with Gasteiger partial charge in [0.15, 0.2) is 0 Å². The maximum atomic E-state index is 11.8. The van der Waals surface area contributed by atoms with E-state index in [1.165, 1.54) is 10.6 Å². The van der Waals surface area contributed by atoms with E-state index in [-0.39, 0.29) is 31.4 Å². The van der Waals surface area contributed by atoms with E-state index < -0.39 is 23.8 Å². The Balaban J connectivity index is 2.59. The number of carboxylic acid groups (broad SMARTS) is 1. The molecule has 0 saturated carbocycles. The van der Waals surface area contributed by atoms with E-state index in [0.29, 0.717) is 5.69 Å². The highest BCUT2D eigenvalue weighted by molar-refractivity contribution is 5.84. The van der Waals surface area contributed by atoms with Crippen LogP contribution in [0.3, 0.4) is 0 Å². The van der Waals surface area contributed by atoms with Crippen LogP contribution in [-0.2, 0) is 20.9 Å². The maximum absolute atomic E-state index is 11.8. The van der Waals surface area contributed by atoms with Crippen LogP contribution in [0.4, 0.5) is 0 Å². The van der Waals surface area contributed by atoms with E-state index in [1.54, 1.807) is 19.1 Å². The van der Waals surface area contributed by atoms with E-state index in [2.05, 4.69) is 5.32 Å². The maximum Gasteiger partial charge on any atom is 0.326 e. The van der Waals surface area contributed by atoms with Gasteiger partial charge >= 0.3 is 5.97 Å². The van der Waals surface area contributed by atoms with Crippen molar-refractivity contribution in [2.45, 2.75) is 38.8 Å². The second kappa shape index (κ2) is 7.96. The Kier molecular flexibility index (Phi) is 6.30. The Hall–Kier alpha value is -2.64. The van der Waals surface area contributed by atoms with Gasteiger partial charge in [0.05, 0.1) is 0 Å². The van der Waals surface area contributed by atoms with Crippen LogP contribution in [0.1, 0.15) is 25.0 Å². The zero-order chi connectivity index (χ0) is 16.7. The van der Waals surface area contributed by atoms with E-state index in [1.807, 2.05) is 0 Å². The zero-order valence-corrected chi connectivity index (χ0v) is 12.2. The molecule has 4 N–H and O–H groups in total. The number of pyridine rings is 1. The lowest BCUT2D eigenvalue weighted by Crippen LogP contribution is -2.42. The standard InChI is InChI=1S/C14H19N3O5/c1-9-3-2-4-13(20)17(9)8-7-12(19)16-10(14(21)22)5-6-11(15)18/h2-4,10H,5-8H2,1H3,(H2,15,18)(H,16,19)(H,21,22). The molecule has 8 nitrogen and oxygen atoms in total. The number of primary amides is 1. The van der Waals surface area contributed by atoms with Gasteiger partial charge in [-0.25, -0.2) is 4.79 Å². The van der Waals surface area contributed by atoms with Crippen LogP contribution in [-0.4, -0.2) is 33.5 Å². The Morgan fingerprint density at radius 2 is 2.00 bits per heavy atom. The van der Waals surface area contributed by atoms with Gasteiger partial charge in [0.2, 0.25) is 11.8 Å². The number of rotatable bonds is 8. The van der Waals surface area contributed by atoms with Crippen molar-refractivity contribution >= 4 is 17.8 Å². The summed E-state index contributed by atoms with van der Waals surface area (Å²) in [6.45, 7) is 1.89. The number of aromatic nitrogens is 1. The largest absolute Gasteiger partial charge is 0.480 e. The van der Waals surface area contributed by atoms with Crippen LogP contribution < -0.4 is 16.6 Å². The van der Waals surface area contributed by atoms with Crippen LogP contribution in [0.25, 0.3) is 0 Å². The summed E-state index contributed by atoms with van der Waals surface area (Å²) in [5.74, 6) is -2.37. The highest BCUT2D eigenvalue weighted by Gasteiger charge is 2.20. The van der Waals surface area contributed by atoms with Gasteiger partial charge in [0.25, 0.3) is 5.56 Å². The summed E-state index contributed by atoms with van der Waals surface area (Å²) in [5.41, 5.74) is 5.44. The molecule has 0 bridgehead atoms. The predicted octanol–water partition coefficient (Wildman–Crippen LogP) is -0.618. The van der Waals surface area contributed by atoms with Crippen LogP contribution in [0, 0.1) is 6.92 Å². The zero-order valence-electron chi connectivity index (χ0n) is 12.2. The minimum absolute atomic E-state index is 0.0366. The average molecular weight is 309 g/mol. The number of nitrogens with two attached hydrogens (primary N) is 1. The number of nitrogens with one attached hydrogen (secondary N) is 1. The first-order valence-corrected chi connectivity index (χ1v) is 6.78. The molecule has 120 valence electrons. The number of carboxylic acids is 1. The minimum Gasteiger partial charge on any atom is -0.480 e. The SMILES string of the molecule is Cc1cccc(=O)n1CCC(=O)NC(CCC(N)=O)C(=O)O. The number of hydrogen-bond donors (Lipinski definition) is 3. The predicted molar refractivity (Wildman–Crippen MR) is 78.1 cm³/mol. The molecule has 0 saturated heterocycles. The van der Waals surface area contributed by atoms with Crippen LogP contribution in [0.15, 0.2) is 23.0 Å². The van der Waals surface area contributed by atoms with Crippen LogP contribution in [0.2, 0.25) is 0 Å². The van der Waals surface area contributed by atoms with Crippen molar-refractivity contribution in [3.8, 4) is 0 Å². The molecule has 0 aliphatic rings. The van der Waals surface area contributed by atoms with Gasteiger partial charge in [-0.3, -0.25) is 14.4 Å². The van der Waals surface area contributed by atoms with E-state index in [0.717, 1.165) is 0 Å². The van der Waals surface area contributed by atoms with Gasteiger partial charge in [-0.05, 0) is 19.4 Å². The van der Waals surface area contributed by atoms with E-state index in [9.17, 15) is 19.2 Å². The van der Waals surface area contributed by atoms with Crippen molar-refractivity contribution in [2.24, 2.45) is 5.73 Å². The summed E-state index contributed by atoms with van der Waals surface area (Å²) < 4.78 is 1.43. The first-order chi connectivity index (χ1) is 10.3. The summed E-state index contributed by atoms with van der Waals surface area (Å²) in [4.78, 5) is 45.1. The number of amides is 2. The fourth-order valence-electron chi connectivity index (χ4n) is 1.93. The third kappa shape index (κ3) is 5.39. The highest BCUT2D eigenvalue weighted by Crippen LogP contribution is 2.00. The highest BCUT2D eigenvalue weighted by atomic mass is 16.4. The fraction of sp³-hybridized carbons (Fsp3) is 0.429. The van der Waals surface area contributed by atoms with Gasteiger partial charge < -0.3 is 20.7 Å². The molecule has 8 heteroatoms. The molecule has 2 amide bonds. The second-order valence-electron chi connectivity index (χ2n) is 4.87. The Bertz CT molecular complexity index is 623. The number of hydrogen-bond acceptors (Lipinski definition) is 4. The van der Waals surface area contributed by atoms with Crippen molar-refractivity contribution in [1.82, 2.24) is 9.88 Å². The molecule has 22 heavy (non-hydrogen) atoms. The number of carbonyl (C=O) groups excluding carboxylic acids is 2. The minimum atomic E-state index is -1.23. The molecule has 1 aromatic heterocycles. The van der Waals surface area contributed by atoms with Crippen molar-refractivity contribution in [1.29, 1.82) is 0 Å². The van der Waals surface area contributed by atoms with E-state index >= 15 is 0 Å². The average Bonchev–Trinajstić information content (AvgIpc) is 2.42. The summed E-state index contributed by atoms with van der Waals surface area (Å²) >= 11 is 0. The lowest BCUT2D eigenvalue weighted by molar-refractivity contribution is -0.142. The molecule has 1 rings (SSSR count). The van der Waals surface area contributed by atoms with Crippen LogP contribution >= 0.6 is 0 Å². The summed E-state index contributed by atoms with van der Waals surface area (Å²) in [5, 5.41) is 11.3. The normalized spacial score (nSPS) is 11.7. The van der Waals surface area contributed by atoms with Gasteiger partial charge in [0.1, 0.15) is 6.04 Å². The quantitative estimate of drug-likeness (QED) is 0.589. The number of aryl methyl sites for hydroxylation is 1. The van der Waals surface area contributed by atoms with Crippen molar-refractivity contribution < 1.29 is 19.5 Å². The van der Waals surface area contributed by atoms with Crippen molar-refractivity contribution in [3.63, 3.8) is 0 Å².